The maximum atomic E-state index is 12.0. The number of hydrogen-bond acceptors (Lipinski definition) is 2. The molecular weight excluding hydrogens is 262 g/mol. The Morgan fingerprint density at radius 2 is 1.95 bits per heavy atom. The zero-order valence-electron chi connectivity index (χ0n) is 11.9. The molecule has 0 aliphatic rings. The summed E-state index contributed by atoms with van der Waals surface area (Å²) in [6.45, 7) is 1.85. The van der Waals surface area contributed by atoms with E-state index in [0.717, 1.165) is 22.4 Å². The lowest BCUT2D eigenvalue weighted by atomic mass is 10.1. The molecule has 0 radical (unpaired) electrons. The fourth-order valence-corrected chi connectivity index (χ4v) is 1.99. The van der Waals surface area contributed by atoms with Crippen molar-refractivity contribution in [2.45, 2.75) is 13.3 Å². The summed E-state index contributed by atoms with van der Waals surface area (Å²) in [5.41, 5.74) is 3.69. The number of nitrogens with one attached hydrogen (secondary N) is 1. The van der Waals surface area contributed by atoms with Gasteiger partial charge in [0.25, 0.3) is 0 Å². The van der Waals surface area contributed by atoms with Gasteiger partial charge in [-0.15, -0.1) is 0 Å². The Kier molecular flexibility index (Phi) is 5.14. The molecule has 0 aromatic heterocycles. The van der Waals surface area contributed by atoms with E-state index >= 15 is 0 Å². The molecule has 2 aromatic rings. The highest BCUT2D eigenvalue weighted by Crippen LogP contribution is 2.10. The van der Waals surface area contributed by atoms with Crippen LogP contribution in [0.2, 0.25) is 0 Å². The number of aliphatic hydroxyl groups excluding tert-OH is 1. The molecule has 0 saturated heterocycles. The molecule has 2 rings (SSSR count). The summed E-state index contributed by atoms with van der Waals surface area (Å²) in [5.74, 6) is 5.34. The molecule has 2 N–H and O–H groups in total. The van der Waals surface area contributed by atoms with Crippen molar-refractivity contribution in [1.82, 2.24) is 0 Å². The number of rotatable bonds is 3. The number of amides is 1. The van der Waals surface area contributed by atoms with Gasteiger partial charge in [-0.05, 0) is 36.8 Å². The average Bonchev–Trinajstić information content (AvgIpc) is 2.46. The maximum absolute atomic E-state index is 12.0. The monoisotopic (exact) mass is 279 g/mol. The van der Waals surface area contributed by atoms with Gasteiger partial charge in [-0.25, -0.2) is 0 Å². The number of carbonyl (C=O) groups is 1. The van der Waals surface area contributed by atoms with Gasteiger partial charge < -0.3 is 10.4 Å². The first-order valence-corrected chi connectivity index (χ1v) is 6.72. The Balaban J connectivity index is 1.96. The largest absolute Gasteiger partial charge is 0.384 e. The van der Waals surface area contributed by atoms with Crippen LogP contribution in [-0.2, 0) is 11.2 Å². The minimum Gasteiger partial charge on any atom is -0.384 e. The van der Waals surface area contributed by atoms with Crippen LogP contribution in [0.25, 0.3) is 0 Å². The quantitative estimate of drug-likeness (QED) is 0.848. The molecule has 0 saturated carbocycles. The summed E-state index contributed by atoms with van der Waals surface area (Å²) in [5, 5.41) is 11.5. The highest BCUT2D eigenvalue weighted by Gasteiger charge is 2.04. The van der Waals surface area contributed by atoms with Crippen LogP contribution in [0, 0.1) is 18.8 Å². The second-order valence-corrected chi connectivity index (χ2v) is 4.75. The molecule has 2 aromatic carbocycles. The maximum Gasteiger partial charge on any atom is 0.228 e. The molecule has 0 aliphatic heterocycles. The molecule has 0 bridgehead atoms. The Bertz CT molecular complexity index is 678. The molecule has 0 spiro atoms. The van der Waals surface area contributed by atoms with Crippen LogP contribution in [0.3, 0.4) is 0 Å². The second-order valence-electron chi connectivity index (χ2n) is 4.75. The summed E-state index contributed by atoms with van der Waals surface area (Å²) < 4.78 is 0. The third-order valence-corrected chi connectivity index (χ3v) is 2.93. The number of anilines is 1. The first-order chi connectivity index (χ1) is 10.2. The summed E-state index contributed by atoms with van der Waals surface area (Å²) in [4.78, 5) is 12.0. The second kappa shape index (κ2) is 7.28. The van der Waals surface area contributed by atoms with Crippen molar-refractivity contribution in [3.05, 3.63) is 65.2 Å². The lowest BCUT2D eigenvalue weighted by Gasteiger charge is -2.06. The molecule has 0 unspecified atom stereocenters. The molecule has 0 atom stereocenters. The molecule has 3 nitrogen and oxygen atoms in total. The molecule has 1 amide bonds. The highest BCUT2D eigenvalue weighted by atomic mass is 16.2. The fourth-order valence-electron chi connectivity index (χ4n) is 1.99. The van der Waals surface area contributed by atoms with Crippen LogP contribution in [0.15, 0.2) is 48.5 Å². The number of benzene rings is 2. The van der Waals surface area contributed by atoms with E-state index in [1.807, 2.05) is 43.3 Å². The summed E-state index contributed by atoms with van der Waals surface area (Å²) >= 11 is 0. The van der Waals surface area contributed by atoms with Crippen molar-refractivity contribution in [3.63, 3.8) is 0 Å². The average molecular weight is 279 g/mol. The van der Waals surface area contributed by atoms with E-state index in [9.17, 15) is 4.79 Å². The van der Waals surface area contributed by atoms with Gasteiger partial charge >= 0.3 is 0 Å². The van der Waals surface area contributed by atoms with Crippen LogP contribution in [0.1, 0.15) is 16.7 Å². The Labute approximate surface area is 124 Å². The van der Waals surface area contributed by atoms with Gasteiger partial charge in [0.2, 0.25) is 5.91 Å². The van der Waals surface area contributed by atoms with Crippen LogP contribution >= 0.6 is 0 Å². The van der Waals surface area contributed by atoms with Crippen LogP contribution < -0.4 is 5.32 Å². The molecule has 0 heterocycles. The van der Waals surface area contributed by atoms with Gasteiger partial charge in [0.05, 0.1) is 6.42 Å². The number of aryl methyl sites for hydroxylation is 1. The van der Waals surface area contributed by atoms with E-state index in [0.29, 0.717) is 6.42 Å². The Morgan fingerprint density at radius 1 is 1.19 bits per heavy atom. The van der Waals surface area contributed by atoms with E-state index in [-0.39, 0.29) is 12.5 Å². The number of hydrogen-bond donors (Lipinski definition) is 2. The summed E-state index contributed by atoms with van der Waals surface area (Å²) in [6.07, 6.45) is 0.355. The number of aliphatic hydroxyl groups is 1. The highest BCUT2D eigenvalue weighted by molar-refractivity contribution is 5.92. The van der Waals surface area contributed by atoms with Crippen LogP contribution in [0.4, 0.5) is 5.69 Å². The van der Waals surface area contributed by atoms with Crippen molar-refractivity contribution in [2.24, 2.45) is 0 Å². The topological polar surface area (TPSA) is 49.3 Å². The summed E-state index contributed by atoms with van der Waals surface area (Å²) in [6, 6.07) is 15.1. The summed E-state index contributed by atoms with van der Waals surface area (Å²) in [7, 11) is 0. The van der Waals surface area contributed by atoms with Gasteiger partial charge in [0.1, 0.15) is 6.61 Å². The van der Waals surface area contributed by atoms with E-state index in [2.05, 4.69) is 17.2 Å². The lowest BCUT2D eigenvalue weighted by molar-refractivity contribution is -0.115. The Hall–Kier alpha value is -2.57. The van der Waals surface area contributed by atoms with Gasteiger partial charge in [-0.3, -0.25) is 4.79 Å². The molecule has 0 aliphatic carbocycles. The predicted molar refractivity (Wildman–Crippen MR) is 83.9 cm³/mol. The minimum atomic E-state index is -0.158. The lowest BCUT2D eigenvalue weighted by Crippen LogP contribution is -2.14. The van der Waals surface area contributed by atoms with E-state index < -0.39 is 0 Å². The van der Waals surface area contributed by atoms with Crippen molar-refractivity contribution >= 4 is 11.6 Å². The standard InChI is InChI=1S/C18H17NO2/c1-14-4-2-5-16(12-14)13-18(21)19-17-9-7-15(8-10-17)6-3-11-20/h2,4-5,7-10,12,20H,11,13H2,1H3,(H,19,21). The van der Waals surface area contributed by atoms with Gasteiger partial charge in [0.15, 0.2) is 0 Å². The van der Waals surface area contributed by atoms with Crippen molar-refractivity contribution in [2.75, 3.05) is 11.9 Å². The minimum absolute atomic E-state index is 0.0465. The molecule has 106 valence electrons. The van der Waals surface area contributed by atoms with E-state index in [1.54, 1.807) is 12.1 Å². The Morgan fingerprint density at radius 3 is 2.62 bits per heavy atom. The fraction of sp³-hybridized carbons (Fsp3) is 0.167. The third kappa shape index (κ3) is 4.79. The number of carbonyl (C=O) groups excluding carboxylic acids is 1. The molecule has 3 heteroatoms. The van der Waals surface area contributed by atoms with Crippen LogP contribution in [-0.4, -0.2) is 17.6 Å². The van der Waals surface area contributed by atoms with E-state index in [4.69, 9.17) is 5.11 Å². The van der Waals surface area contributed by atoms with Gasteiger partial charge in [0, 0.05) is 11.3 Å². The van der Waals surface area contributed by atoms with Crippen LogP contribution in [0.5, 0.6) is 0 Å². The van der Waals surface area contributed by atoms with E-state index in [1.165, 1.54) is 0 Å². The zero-order valence-corrected chi connectivity index (χ0v) is 11.9. The van der Waals surface area contributed by atoms with Gasteiger partial charge in [-0.1, -0.05) is 41.7 Å². The molecule has 0 fully saturated rings. The smallest absolute Gasteiger partial charge is 0.228 e. The normalized spacial score (nSPS) is 9.62. The van der Waals surface area contributed by atoms with Crippen molar-refractivity contribution < 1.29 is 9.90 Å². The molecular formula is C18H17NO2. The first kappa shape index (κ1) is 14.8. The van der Waals surface area contributed by atoms with Crippen molar-refractivity contribution in [3.8, 4) is 11.8 Å². The first-order valence-electron chi connectivity index (χ1n) is 6.72. The SMILES string of the molecule is Cc1cccc(CC(=O)Nc2ccc(C#CCO)cc2)c1. The third-order valence-electron chi connectivity index (χ3n) is 2.93. The zero-order chi connectivity index (χ0) is 15.1. The molecule has 21 heavy (non-hydrogen) atoms. The predicted octanol–water partition coefficient (Wildman–Crippen LogP) is 2.52. The van der Waals surface area contributed by atoms with Gasteiger partial charge in [-0.2, -0.15) is 0 Å². The van der Waals surface area contributed by atoms with Crippen molar-refractivity contribution in [1.29, 1.82) is 0 Å².